The second-order valence-corrected chi connectivity index (χ2v) is 3.46. The van der Waals surface area contributed by atoms with Crippen molar-refractivity contribution in [2.24, 2.45) is 0 Å². The molecule has 0 radical (unpaired) electrons. The van der Waals surface area contributed by atoms with Crippen LogP contribution in [-0.4, -0.2) is 10.1 Å². The van der Waals surface area contributed by atoms with Gasteiger partial charge in [0.1, 0.15) is 11.6 Å². The predicted octanol–water partition coefficient (Wildman–Crippen LogP) is 2.34. The molecule has 1 aromatic carbocycles. The molecule has 3 heteroatoms. The van der Waals surface area contributed by atoms with E-state index in [1.54, 1.807) is 18.3 Å². The van der Waals surface area contributed by atoms with Crippen LogP contribution in [0.3, 0.4) is 0 Å². The fourth-order valence-electron chi connectivity index (χ4n) is 1.50. The highest BCUT2D eigenvalue weighted by molar-refractivity contribution is 5.78. The van der Waals surface area contributed by atoms with Gasteiger partial charge in [0.2, 0.25) is 0 Å². The van der Waals surface area contributed by atoms with Crippen molar-refractivity contribution in [2.75, 3.05) is 5.73 Å². The number of rotatable bonds is 1. The van der Waals surface area contributed by atoms with Crippen LogP contribution in [0, 0.1) is 6.92 Å². The molecule has 0 unspecified atom stereocenters. The summed E-state index contributed by atoms with van der Waals surface area (Å²) in [4.78, 5) is 4.06. The number of aryl methyl sites for hydroxylation is 1. The minimum absolute atomic E-state index is 0.219. The Morgan fingerprint density at radius 1 is 1.20 bits per heavy atom. The van der Waals surface area contributed by atoms with Crippen LogP contribution in [0.25, 0.3) is 11.1 Å². The van der Waals surface area contributed by atoms with E-state index in [1.165, 1.54) is 0 Å². The molecule has 0 aliphatic rings. The zero-order valence-corrected chi connectivity index (χ0v) is 8.44. The maximum absolute atomic E-state index is 9.70. The Labute approximate surface area is 88.2 Å². The number of nitrogens with two attached hydrogens (primary N) is 1. The number of nitrogens with zero attached hydrogens (tertiary/aromatic N) is 1. The predicted molar refractivity (Wildman–Crippen MR) is 60.5 cm³/mol. The number of benzene rings is 1. The van der Waals surface area contributed by atoms with Crippen LogP contribution >= 0.6 is 0 Å². The number of aromatic hydroxyl groups is 1. The van der Waals surface area contributed by atoms with Crippen molar-refractivity contribution in [1.29, 1.82) is 0 Å². The number of hydrogen-bond donors (Lipinski definition) is 2. The topological polar surface area (TPSA) is 59.1 Å². The van der Waals surface area contributed by atoms with Gasteiger partial charge in [-0.15, -0.1) is 0 Å². The summed E-state index contributed by atoms with van der Waals surface area (Å²) in [7, 11) is 0. The van der Waals surface area contributed by atoms with Gasteiger partial charge >= 0.3 is 0 Å². The SMILES string of the molecule is Cc1cnc(N)c(-c2ccccc2O)c1. The molecule has 0 saturated carbocycles. The van der Waals surface area contributed by atoms with E-state index < -0.39 is 0 Å². The first-order valence-corrected chi connectivity index (χ1v) is 4.69. The summed E-state index contributed by atoms with van der Waals surface area (Å²) in [6.45, 7) is 1.94. The second-order valence-electron chi connectivity index (χ2n) is 3.46. The first kappa shape index (κ1) is 9.52. The van der Waals surface area contributed by atoms with Crippen LogP contribution in [0.4, 0.5) is 5.82 Å². The normalized spacial score (nSPS) is 10.2. The molecule has 15 heavy (non-hydrogen) atoms. The molecule has 1 aromatic heterocycles. The Balaban J connectivity index is 2.64. The van der Waals surface area contributed by atoms with Gasteiger partial charge in [0.25, 0.3) is 0 Å². The van der Waals surface area contributed by atoms with Gasteiger partial charge in [-0.25, -0.2) is 4.98 Å². The minimum Gasteiger partial charge on any atom is -0.507 e. The average Bonchev–Trinajstić information content (AvgIpc) is 2.23. The van der Waals surface area contributed by atoms with Crippen molar-refractivity contribution in [3.05, 3.63) is 42.1 Å². The summed E-state index contributed by atoms with van der Waals surface area (Å²) in [5, 5.41) is 9.70. The van der Waals surface area contributed by atoms with Gasteiger partial charge in [0.05, 0.1) is 0 Å². The zero-order valence-electron chi connectivity index (χ0n) is 8.44. The third kappa shape index (κ3) is 1.76. The number of phenols is 1. The molecule has 0 spiro atoms. The lowest BCUT2D eigenvalue weighted by molar-refractivity contribution is 0.477. The first-order valence-electron chi connectivity index (χ1n) is 4.69. The van der Waals surface area contributed by atoms with E-state index in [0.717, 1.165) is 11.1 Å². The average molecular weight is 200 g/mol. The van der Waals surface area contributed by atoms with E-state index in [1.807, 2.05) is 25.1 Å². The molecule has 0 bridgehead atoms. The zero-order chi connectivity index (χ0) is 10.8. The highest BCUT2D eigenvalue weighted by Crippen LogP contribution is 2.31. The van der Waals surface area contributed by atoms with E-state index >= 15 is 0 Å². The third-order valence-electron chi connectivity index (χ3n) is 2.25. The Hall–Kier alpha value is -2.03. The van der Waals surface area contributed by atoms with Gasteiger partial charge in [0.15, 0.2) is 0 Å². The van der Waals surface area contributed by atoms with Crippen molar-refractivity contribution in [3.8, 4) is 16.9 Å². The summed E-state index contributed by atoms with van der Waals surface area (Å²) in [6, 6.07) is 9.01. The lowest BCUT2D eigenvalue weighted by Gasteiger charge is -2.07. The van der Waals surface area contributed by atoms with Crippen LogP contribution in [-0.2, 0) is 0 Å². The Morgan fingerprint density at radius 3 is 2.67 bits per heavy atom. The number of aromatic nitrogens is 1. The van der Waals surface area contributed by atoms with Crippen LogP contribution in [0.2, 0.25) is 0 Å². The van der Waals surface area contributed by atoms with Gasteiger partial charge in [-0.3, -0.25) is 0 Å². The molecule has 0 saturated heterocycles. The smallest absolute Gasteiger partial charge is 0.131 e. The highest BCUT2D eigenvalue weighted by Gasteiger charge is 2.07. The van der Waals surface area contributed by atoms with Crippen LogP contribution in [0.1, 0.15) is 5.56 Å². The number of phenolic OH excluding ortho intramolecular Hbond substituents is 1. The molecule has 3 nitrogen and oxygen atoms in total. The van der Waals surface area contributed by atoms with E-state index in [9.17, 15) is 5.11 Å². The molecule has 2 aromatic rings. The quantitative estimate of drug-likeness (QED) is 0.742. The van der Waals surface area contributed by atoms with Crippen molar-refractivity contribution < 1.29 is 5.11 Å². The number of nitrogen functional groups attached to an aromatic ring is 1. The fraction of sp³-hybridized carbons (Fsp3) is 0.0833. The van der Waals surface area contributed by atoms with E-state index in [0.29, 0.717) is 11.4 Å². The monoisotopic (exact) mass is 200 g/mol. The summed E-state index contributed by atoms with van der Waals surface area (Å²) >= 11 is 0. The molecule has 0 fully saturated rings. The molecule has 2 rings (SSSR count). The molecular formula is C12H12N2O. The van der Waals surface area contributed by atoms with E-state index in [2.05, 4.69) is 4.98 Å². The second kappa shape index (κ2) is 3.61. The molecular weight excluding hydrogens is 188 g/mol. The Kier molecular flexibility index (Phi) is 2.29. The minimum atomic E-state index is 0.219. The van der Waals surface area contributed by atoms with Gasteiger partial charge in [-0.05, 0) is 24.6 Å². The Bertz CT molecular complexity index is 495. The van der Waals surface area contributed by atoms with Crippen LogP contribution in [0.5, 0.6) is 5.75 Å². The number of hydrogen-bond acceptors (Lipinski definition) is 3. The lowest BCUT2D eigenvalue weighted by Crippen LogP contribution is -1.94. The molecule has 3 N–H and O–H groups in total. The van der Waals surface area contributed by atoms with Crippen LogP contribution < -0.4 is 5.73 Å². The van der Waals surface area contributed by atoms with Gasteiger partial charge in [-0.1, -0.05) is 18.2 Å². The summed E-state index contributed by atoms with van der Waals surface area (Å²) in [5.41, 5.74) is 8.27. The van der Waals surface area contributed by atoms with Gasteiger partial charge in [-0.2, -0.15) is 0 Å². The highest BCUT2D eigenvalue weighted by atomic mass is 16.3. The fourth-order valence-corrected chi connectivity index (χ4v) is 1.50. The molecule has 0 atom stereocenters. The molecule has 0 aliphatic carbocycles. The van der Waals surface area contributed by atoms with Gasteiger partial charge < -0.3 is 10.8 Å². The molecule has 76 valence electrons. The van der Waals surface area contributed by atoms with Crippen molar-refractivity contribution in [3.63, 3.8) is 0 Å². The largest absolute Gasteiger partial charge is 0.507 e. The number of pyridine rings is 1. The van der Waals surface area contributed by atoms with Crippen molar-refractivity contribution in [2.45, 2.75) is 6.92 Å². The van der Waals surface area contributed by atoms with Crippen LogP contribution in [0.15, 0.2) is 36.5 Å². The van der Waals surface area contributed by atoms with Crippen molar-refractivity contribution >= 4 is 5.82 Å². The summed E-state index contributed by atoms with van der Waals surface area (Å²) < 4.78 is 0. The summed E-state index contributed by atoms with van der Waals surface area (Å²) in [6.07, 6.45) is 1.71. The summed E-state index contributed by atoms with van der Waals surface area (Å²) in [5.74, 6) is 0.652. The standard InChI is InChI=1S/C12H12N2O/c1-8-6-10(12(13)14-7-8)9-4-2-3-5-11(9)15/h2-7,15H,1H3,(H2,13,14). The maximum Gasteiger partial charge on any atom is 0.131 e. The third-order valence-corrected chi connectivity index (χ3v) is 2.25. The maximum atomic E-state index is 9.70. The van der Waals surface area contributed by atoms with E-state index in [4.69, 9.17) is 5.73 Å². The van der Waals surface area contributed by atoms with Gasteiger partial charge in [0, 0.05) is 17.3 Å². The molecule has 0 aliphatic heterocycles. The lowest BCUT2D eigenvalue weighted by atomic mass is 10.0. The number of anilines is 1. The first-order chi connectivity index (χ1) is 7.18. The number of para-hydroxylation sites is 1. The van der Waals surface area contributed by atoms with E-state index in [-0.39, 0.29) is 5.75 Å². The van der Waals surface area contributed by atoms with Crippen molar-refractivity contribution in [1.82, 2.24) is 4.98 Å². The molecule has 1 heterocycles. The Morgan fingerprint density at radius 2 is 1.93 bits per heavy atom. The molecule has 0 amide bonds.